The van der Waals surface area contributed by atoms with Crippen LogP contribution in [0.2, 0.25) is 5.02 Å². The summed E-state index contributed by atoms with van der Waals surface area (Å²) in [7, 11) is 0. The van der Waals surface area contributed by atoms with E-state index >= 15 is 0 Å². The third kappa shape index (κ3) is 4.16. The zero-order chi connectivity index (χ0) is 17.0. The number of nitrogens with zero attached hydrogens (tertiary/aromatic N) is 1. The number of aliphatic hydroxyl groups is 1. The third-order valence-electron chi connectivity index (χ3n) is 3.26. The van der Waals surface area contributed by atoms with Gasteiger partial charge in [0.25, 0.3) is 0 Å². The second kappa shape index (κ2) is 7.36. The summed E-state index contributed by atoms with van der Waals surface area (Å²) in [6.45, 7) is 0.0625. The molecule has 0 bridgehead atoms. The minimum absolute atomic E-state index is 0.138. The highest BCUT2D eigenvalue weighted by Crippen LogP contribution is 2.33. The second-order valence-corrected chi connectivity index (χ2v) is 5.31. The molecular formula is C15H14ClFN2O4. The first-order valence-electron chi connectivity index (χ1n) is 6.67. The maximum Gasteiger partial charge on any atom is 0.312 e. The molecule has 2 aromatic carbocycles. The van der Waals surface area contributed by atoms with Crippen LogP contribution in [0.15, 0.2) is 30.3 Å². The topological polar surface area (TPSA) is 95.6 Å². The van der Waals surface area contributed by atoms with Crippen molar-refractivity contribution < 1.29 is 19.5 Å². The molecule has 2 rings (SSSR count). The van der Waals surface area contributed by atoms with E-state index in [-0.39, 0.29) is 22.7 Å². The highest BCUT2D eigenvalue weighted by atomic mass is 35.5. The normalized spacial score (nSPS) is 10.7. The van der Waals surface area contributed by atoms with Crippen LogP contribution in [0, 0.1) is 15.9 Å². The predicted octanol–water partition coefficient (Wildman–Crippen LogP) is 2.88. The van der Waals surface area contributed by atoms with E-state index in [0.717, 1.165) is 11.6 Å². The van der Waals surface area contributed by atoms with E-state index in [0.29, 0.717) is 6.54 Å². The Bertz CT molecular complexity index is 740. The summed E-state index contributed by atoms with van der Waals surface area (Å²) in [6, 6.07) is 6.84. The summed E-state index contributed by atoms with van der Waals surface area (Å²) >= 11 is 5.81. The van der Waals surface area contributed by atoms with Crippen LogP contribution >= 0.6 is 11.6 Å². The van der Waals surface area contributed by atoms with Gasteiger partial charge >= 0.3 is 5.69 Å². The van der Waals surface area contributed by atoms with Gasteiger partial charge in [-0.1, -0.05) is 17.7 Å². The van der Waals surface area contributed by atoms with Crippen LogP contribution in [0.25, 0.3) is 0 Å². The summed E-state index contributed by atoms with van der Waals surface area (Å²) in [5.74, 6) is -0.929. The first-order valence-corrected chi connectivity index (χ1v) is 7.05. The van der Waals surface area contributed by atoms with Gasteiger partial charge in [-0.3, -0.25) is 10.1 Å². The molecular weight excluding hydrogens is 327 g/mol. The Kier molecular flexibility index (Phi) is 5.49. The average molecular weight is 341 g/mol. The molecule has 0 radical (unpaired) electrons. The molecule has 6 nitrogen and oxygen atoms in total. The molecule has 0 aliphatic heterocycles. The zero-order valence-electron chi connectivity index (χ0n) is 11.9. The molecule has 0 fully saturated rings. The highest BCUT2D eigenvalue weighted by Gasteiger charge is 2.18. The molecule has 0 aliphatic rings. The monoisotopic (exact) mass is 340 g/mol. The van der Waals surface area contributed by atoms with Crippen molar-refractivity contribution in [2.75, 3.05) is 0 Å². The molecule has 0 aromatic heterocycles. The van der Waals surface area contributed by atoms with Gasteiger partial charge in [-0.15, -0.1) is 0 Å². The molecule has 3 N–H and O–H groups in total. The van der Waals surface area contributed by atoms with Crippen LogP contribution in [0.1, 0.15) is 16.7 Å². The number of nitrogens with one attached hydrogen (secondary N) is 1. The molecule has 0 unspecified atom stereocenters. The lowest BCUT2D eigenvalue weighted by Crippen LogP contribution is -2.13. The van der Waals surface area contributed by atoms with E-state index in [4.69, 9.17) is 16.7 Å². The number of hydrogen-bond donors (Lipinski definition) is 3. The number of halogens is 2. The number of phenolic OH excluding ortho intramolecular Hbond substituents is 1. The maximum absolute atomic E-state index is 13.3. The zero-order valence-corrected chi connectivity index (χ0v) is 12.7. The number of phenols is 1. The number of hydrogen-bond acceptors (Lipinski definition) is 5. The first-order chi connectivity index (χ1) is 10.9. The van der Waals surface area contributed by atoms with Gasteiger partial charge < -0.3 is 15.5 Å². The van der Waals surface area contributed by atoms with Crippen molar-refractivity contribution in [3.8, 4) is 5.75 Å². The lowest BCUT2D eigenvalue weighted by molar-refractivity contribution is -0.385. The molecule has 0 saturated carbocycles. The van der Waals surface area contributed by atoms with Gasteiger partial charge in [-0.2, -0.15) is 0 Å². The minimum atomic E-state index is -0.710. The quantitative estimate of drug-likeness (QED) is 0.555. The van der Waals surface area contributed by atoms with Gasteiger partial charge in [0.2, 0.25) is 0 Å². The van der Waals surface area contributed by atoms with E-state index in [1.165, 1.54) is 18.2 Å². The number of aromatic hydroxyl groups is 1. The van der Waals surface area contributed by atoms with Crippen molar-refractivity contribution in [3.05, 3.63) is 68.0 Å². The van der Waals surface area contributed by atoms with Gasteiger partial charge in [-0.25, -0.2) is 4.39 Å². The Labute approximate surface area is 136 Å². The summed E-state index contributed by atoms with van der Waals surface area (Å²) in [5, 5.41) is 32.9. The maximum atomic E-state index is 13.3. The number of rotatable bonds is 6. The van der Waals surface area contributed by atoms with Gasteiger partial charge in [0.15, 0.2) is 5.75 Å². The molecule has 23 heavy (non-hydrogen) atoms. The van der Waals surface area contributed by atoms with E-state index in [2.05, 4.69) is 5.32 Å². The lowest BCUT2D eigenvalue weighted by atomic mass is 10.1. The SMILES string of the molecule is O=[N+]([O-])c1cc(Cl)cc(CNCc2ccc(F)c(CO)c2)c1O. The fraction of sp³-hybridized carbons (Fsp3) is 0.200. The Balaban J connectivity index is 2.08. The summed E-state index contributed by atoms with van der Waals surface area (Å²) in [4.78, 5) is 10.1. The third-order valence-corrected chi connectivity index (χ3v) is 3.47. The molecule has 2 aromatic rings. The van der Waals surface area contributed by atoms with E-state index < -0.39 is 28.8 Å². The summed E-state index contributed by atoms with van der Waals surface area (Å²) in [6.07, 6.45) is 0. The molecule has 0 saturated heterocycles. The Morgan fingerprint density at radius 3 is 2.61 bits per heavy atom. The number of nitro benzene ring substituents is 1. The Morgan fingerprint density at radius 2 is 1.96 bits per heavy atom. The van der Waals surface area contributed by atoms with Crippen molar-refractivity contribution >= 4 is 17.3 Å². The van der Waals surface area contributed by atoms with Crippen molar-refractivity contribution in [2.45, 2.75) is 19.7 Å². The Morgan fingerprint density at radius 1 is 1.22 bits per heavy atom. The van der Waals surface area contributed by atoms with Crippen LogP contribution in [0.3, 0.4) is 0 Å². The smallest absolute Gasteiger partial charge is 0.312 e. The molecule has 0 aliphatic carbocycles. The molecule has 122 valence electrons. The van der Waals surface area contributed by atoms with Crippen LogP contribution < -0.4 is 5.32 Å². The van der Waals surface area contributed by atoms with Crippen molar-refractivity contribution in [3.63, 3.8) is 0 Å². The highest BCUT2D eigenvalue weighted by molar-refractivity contribution is 6.31. The molecule has 8 heteroatoms. The van der Waals surface area contributed by atoms with Gasteiger partial charge in [0, 0.05) is 35.3 Å². The molecule has 0 amide bonds. The van der Waals surface area contributed by atoms with Crippen molar-refractivity contribution in [2.24, 2.45) is 0 Å². The predicted molar refractivity (Wildman–Crippen MR) is 82.6 cm³/mol. The van der Waals surface area contributed by atoms with E-state index in [1.54, 1.807) is 6.07 Å². The fourth-order valence-electron chi connectivity index (χ4n) is 2.11. The van der Waals surface area contributed by atoms with Crippen LogP contribution in [-0.4, -0.2) is 15.1 Å². The number of nitro groups is 1. The van der Waals surface area contributed by atoms with E-state index in [9.17, 15) is 19.6 Å². The minimum Gasteiger partial charge on any atom is -0.502 e. The first kappa shape index (κ1) is 17.1. The fourth-order valence-corrected chi connectivity index (χ4v) is 2.35. The summed E-state index contributed by atoms with van der Waals surface area (Å²) < 4.78 is 13.3. The van der Waals surface area contributed by atoms with Gasteiger partial charge in [0.1, 0.15) is 5.82 Å². The lowest BCUT2D eigenvalue weighted by Gasteiger charge is -2.09. The summed E-state index contributed by atoms with van der Waals surface area (Å²) in [5.41, 5.74) is 0.740. The molecule has 0 spiro atoms. The average Bonchev–Trinajstić information content (AvgIpc) is 2.51. The second-order valence-electron chi connectivity index (χ2n) is 4.88. The largest absolute Gasteiger partial charge is 0.502 e. The molecule has 0 heterocycles. The van der Waals surface area contributed by atoms with Crippen LogP contribution in [-0.2, 0) is 19.7 Å². The standard InChI is InChI=1S/C15H14ClFN2O4/c16-12-4-10(15(21)14(5-12)19(22)23)7-18-6-9-1-2-13(17)11(3-9)8-20/h1-5,18,20-21H,6-8H2. The van der Waals surface area contributed by atoms with E-state index in [1.807, 2.05) is 0 Å². The van der Waals surface area contributed by atoms with Crippen molar-refractivity contribution in [1.82, 2.24) is 5.32 Å². The van der Waals surface area contributed by atoms with Gasteiger partial charge in [0.05, 0.1) is 11.5 Å². The van der Waals surface area contributed by atoms with Crippen molar-refractivity contribution in [1.29, 1.82) is 0 Å². The van der Waals surface area contributed by atoms with Crippen LogP contribution in [0.5, 0.6) is 5.75 Å². The van der Waals surface area contributed by atoms with Gasteiger partial charge in [-0.05, 0) is 23.8 Å². The number of benzene rings is 2. The molecule has 0 atom stereocenters. The van der Waals surface area contributed by atoms with Crippen LogP contribution in [0.4, 0.5) is 10.1 Å². The Hall–Kier alpha value is -2.22. The number of aliphatic hydroxyl groups excluding tert-OH is 1.